The number of halogens is 2. The SMILES string of the molecule is C=C(/C=C\C=C/C)C1=C(F)C=C(F)CC1C(C)(C=CCC)CC. The Labute approximate surface area is 139 Å². The van der Waals surface area contributed by atoms with Gasteiger partial charge in [0.05, 0.1) is 0 Å². The van der Waals surface area contributed by atoms with Gasteiger partial charge in [-0.2, -0.15) is 0 Å². The van der Waals surface area contributed by atoms with Crippen molar-refractivity contribution in [2.75, 3.05) is 0 Å². The lowest BCUT2D eigenvalue weighted by Crippen LogP contribution is -2.29. The molecule has 0 aromatic rings. The van der Waals surface area contributed by atoms with Crippen molar-refractivity contribution < 1.29 is 8.78 Å². The smallest absolute Gasteiger partial charge is 0.129 e. The molecule has 0 spiro atoms. The number of allylic oxidation sites excluding steroid dienone is 11. The van der Waals surface area contributed by atoms with E-state index in [9.17, 15) is 8.78 Å². The molecule has 0 amide bonds. The summed E-state index contributed by atoms with van der Waals surface area (Å²) in [5.74, 6) is -1.15. The third-order valence-electron chi connectivity index (χ3n) is 4.53. The molecule has 0 fully saturated rings. The highest BCUT2D eigenvalue weighted by Gasteiger charge is 2.37. The van der Waals surface area contributed by atoms with Crippen molar-refractivity contribution in [2.45, 2.75) is 47.0 Å². The monoisotopic (exact) mass is 318 g/mol. The predicted octanol–water partition coefficient (Wildman–Crippen LogP) is 7.15. The number of rotatable bonds is 7. The zero-order valence-electron chi connectivity index (χ0n) is 14.7. The van der Waals surface area contributed by atoms with Crippen LogP contribution in [0.5, 0.6) is 0 Å². The minimum atomic E-state index is -0.501. The lowest BCUT2D eigenvalue weighted by molar-refractivity contribution is 0.262. The topological polar surface area (TPSA) is 0 Å². The molecule has 2 unspecified atom stereocenters. The van der Waals surface area contributed by atoms with Crippen LogP contribution in [0.15, 0.2) is 71.9 Å². The molecule has 0 radical (unpaired) electrons. The quantitative estimate of drug-likeness (QED) is 0.345. The van der Waals surface area contributed by atoms with E-state index in [0.29, 0.717) is 11.1 Å². The van der Waals surface area contributed by atoms with E-state index in [-0.39, 0.29) is 17.8 Å². The highest BCUT2D eigenvalue weighted by molar-refractivity contribution is 5.48. The highest BCUT2D eigenvalue weighted by Crippen LogP contribution is 2.47. The van der Waals surface area contributed by atoms with Crippen molar-refractivity contribution >= 4 is 0 Å². The van der Waals surface area contributed by atoms with Crippen LogP contribution in [0.25, 0.3) is 0 Å². The molecule has 23 heavy (non-hydrogen) atoms. The largest absolute Gasteiger partial charge is 0.212 e. The molecular formula is C21H28F2. The molecular weight excluding hydrogens is 290 g/mol. The fourth-order valence-corrected chi connectivity index (χ4v) is 2.92. The molecule has 0 saturated heterocycles. The van der Waals surface area contributed by atoms with Gasteiger partial charge in [-0.1, -0.05) is 63.8 Å². The molecule has 0 aromatic carbocycles. The second-order valence-electron chi connectivity index (χ2n) is 6.19. The average molecular weight is 318 g/mol. The first-order chi connectivity index (χ1) is 10.9. The Balaban J connectivity index is 3.31. The first-order valence-corrected chi connectivity index (χ1v) is 8.31. The van der Waals surface area contributed by atoms with Gasteiger partial charge in [0.2, 0.25) is 0 Å². The second kappa shape index (κ2) is 8.81. The fourth-order valence-electron chi connectivity index (χ4n) is 2.92. The molecule has 0 bridgehead atoms. The Bertz CT molecular complexity index is 573. The van der Waals surface area contributed by atoms with E-state index in [0.717, 1.165) is 18.9 Å². The Kier molecular flexibility index (Phi) is 7.41. The van der Waals surface area contributed by atoms with Crippen LogP contribution in [-0.2, 0) is 0 Å². The Morgan fingerprint density at radius 3 is 2.61 bits per heavy atom. The molecule has 0 aliphatic heterocycles. The molecule has 1 rings (SSSR count). The molecule has 2 atom stereocenters. The van der Waals surface area contributed by atoms with Gasteiger partial charge in [0, 0.05) is 18.4 Å². The van der Waals surface area contributed by atoms with Gasteiger partial charge in [0.1, 0.15) is 11.7 Å². The van der Waals surface area contributed by atoms with Gasteiger partial charge in [0.25, 0.3) is 0 Å². The van der Waals surface area contributed by atoms with Gasteiger partial charge in [-0.05, 0) is 36.3 Å². The van der Waals surface area contributed by atoms with Crippen molar-refractivity contribution in [3.63, 3.8) is 0 Å². The molecule has 0 heterocycles. The molecule has 126 valence electrons. The standard InChI is InChI=1S/C21H28F2/c1-6-9-11-12-16(4)20-18(14-17(22)15-19(20)23)21(5,8-3)13-10-7-2/h6,9-13,15,18H,4,7-8,14H2,1-3,5H3/b9-6-,12-11-,13-10?. The predicted molar refractivity (Wildman–Crippen MR) is 96.4 cm³/mol. The van der Waals surface area contributed by atoms with Crippen LogP contribution in [0, 0.1) is 11.3 Å². The van der Waals surface area contributed by atoms with Crippen LogP contribution in [0.2, 0.25) is 0 Å². The van der Waals surface area contributed by atoms with Crippen LogP contribution in [-0.4, -0.2) is 0 Å². The molecule has 1 aliphatic carbocycles. The third kappa shape index (κ3) is 4.89. The van der Waals surface area contributed by atoms with E-state index >= 15 is 0 Å². The first-order valence-electron chi connectivity index (χ1n) is 8.31. The zero-order chi connectivity index (χ0) is 17.5. The zero-order valence-corrected chi connectivity index (χ0v) is 14.7. The van der Waals surface area contributed by atoms with Crippen molar-refractivity contribution in [3.8, 4) is 0 Å². The molecule has 0 aromatic heterocycles. The Morgan fingerprint density at radius 1 is 1.35 bits per heavy atom. The summed E-state index contributed by atoms with van der Waals surface area (Å²) in [6.07, 6.45) is 14.5. The van der Waals surface area contributed by atoms with Gasteiger partial charge in [-0.3, -0.25) is 0 Å². The van der Waals surface area contributed by atoms with E-state index in [2.05, 4.69) is 39.5 Å². The van der Waals surface area contributed by atoms with Crippen molar-refractivity contribution in [2.24, 2.45) is 11.3 Å². The van der Waals surface area contributed by atoms with Gasteiger partial charge in [0.15, 0.2) is 0 Å². The minimum Gasteiger partial charge on any atom is -0.212 e. The van der Waals surface area contributed by atoms with E-state index in [1.807, 2.05) is 25.2 Å². The lowest BCUT2D eigenvalue weighted by Gasteiger charge is -2.38. The van der Waals surface area contributed by atoms with Crippen LogP contribution < -0.4 is 0 Å². The molecule has 0 N–H and O–H groups in total. The summed E-state index contributed by atoms with van der Waals surface area (Å²) < 4.78 is 28.4. The van der Waals surface area contributed by atoms with Crippen molar-refractivity contribution in [3.05, 3.63) is 71.9 Å². The van der Waals surface area contributed by atoms with Crippen LogP contribution in [0.3, 0.4) is 0 Å². The molecule has 0 saturated carbocycles. The van der Waals surface area contributed by atoms with E-state index in [4.69, 9.17) is 0 Å². The summed E-state index contributed by atoms with van der Waals surface area (Å²) >= 11 is 0. The van der Waals surface area contributed by atoms with E-state index in [1.54, 1.807) is 6.08 Å². The summed E-state index contributed by atoms with van der Waals surface area (Å²) in [7, 11) is 0. The fraction of sp³-hybridized carbons (Fsp3) is 0.429. The summed E-state index contributed by atoms with van der Waals surface area (Å²) in [4.78, 5) is 0. The maximum atomic E-state index is 14.5. The van der Waals surface area contributed by atoms with Gasteiger partial charge >= 0.3 is 0 Å². The van der Waals surface area contributed by atoms with E-state index < -0.39 is 11.7 Å². The summed E-state index contributed by atoms with van der Waals surface area (Å²) in [6.45, 7) is 12.1. The first kappa shape index (κ1) is 19.3. The number of hydrogen-bond donors (Lipinski definition) is 0. The Hall–Kier alpha value is -1.70. The van der Waals surface area contributed by atoms with Crippen LogP contribution in [0.1, 0.15) is 47.0 Å². The third-order valence-corrected chi connectivity index (χ3v) is 4.53. The maximum Gasteiger partial charge on any atom is 0.129 e. The van der Waals surface area contributed by atoms with Crippen molar-refractivity contribution in [1.29, 1.82) is 0 Å². The maximum absolute atomic E-state index is 14.5. The highest BCUT2D eigenvalue weighted by atomic mass is 19.1. The molecule has 0 nitrogen and oxygen atoms in total. The van der Waals surface area contributed by atoms with Crippen molar-refractivity contribution in [1.82, 2.24) is 0 Å². The summed E-state index contributed by atoms with van der Waals surface area (Å²) in [5, 5.41) is 0. The van der Waals surface area contributed by atoms with Gasteiger partial charge in [-0.15, -0.1) is 0 Å². The number of hydrogen-bond acceptors (Lipinski definition) is 0. The normalized spacial score (nSPS) is 22.2. The van der Waals surface area contributed by atoms with Gasteiger partial charge in [-0.25, -0.2) is 8.78 Å². The Morgan fingerprint density at radius 2 is 2.04 bits per heavy atom. The van der Waals surface area contributed by atoms with Crippen LogP contribution in [0.4, 0.5) is 8.78 Å². The van der Waals surface area contributed by atoms with Crippen LogP contribution >= 0.6 is 0 Å². The minimum absolute atomic E-state index is 0.220. The average Bonchev–Trinajstić information content (AvgIpc) is 2.52. The second-order valence-corrected chi connectivity index (χ2v) is 6.19. The summed E-state index contributed by atoms with van der Waals surface area (Å²) in [6, 6.07) is 0. The summed E-state index contributed by atoms with van der Waals surface area (Å²) in [5.41, 5.74) is 0.835. The lowest BCUT2D eigenvalue weighted by atomic mass is 9.66. The molecule has 1 aliphatic rings. The molecule has 2 heteroatoms. The van der Waals surface area contributed by atoms with Gasteiger partial charge < -0.3 is 0 Å². The van der Waals surface area contributed by atoms with E-state index in [1.165, 1.54) is 0 Å².